The molecule has 0 unspecified atom stereocenters. The minimum Gasteiger partial charge on any atom is -0.469 e. The molecule has 1 amide bonds. The molecular formula is C12H15N3O2. The van der Waals surface area contributed by atoms with Gasteiger partial charge in [-0.25, -0.2) is 0 Å². The molecule has 2 aromatic heterocycles. The lowest BCUT2D eigenvalue weighted by Gasteiger charge is -2.04. The molecule has 2 heterocycles. The third-order valence-electron chi connectivity index (χ3n) is 2.85. The summed E-state index contributed by atoms with van der Waals surface area (Å²) in [6, 6.07) is 1.66. The molecule has 0 fully saturated rings. The molecule has 90 valence electrons. The summed E-state index contributed by atoms with van der Waals surface area (Å²) in [7, 11) is 1.85. The maximum Gasteiger partial charge on any atom is 0.259 e. The van der Waals surface area contributed by atoms with Crippen molar-refractivity contribution in [1.82, 2.24) is 9.78 Å². The van der Waals surface area contributed by atoms with Crippen LogP contribution in [0.1, 0.15) is 27.5 Å². The van der Waals surface area contributed by atoms with Crippen LogP contribution in [-0.2, 0) is 7.05 Å². The van der Waals surface area contributed by atoms with Crippen LogP contribution in [-0.4, -0.2) is 15.7 Å². The summed E-state index contributed by atoms with van der Waals surface area (Å²) in [6.45, 7) is 5.54. The normalized spacial score (nSPS) is 10.6. The number of nitrogens with one attached hydrogen (secondary N) is 1. The van der Waals surface area contributed by atoms with Crippen molar-refractivity contribution in [2.45, 2.75) is 20.8 Å². The first-order valence-electron chi connectivity index (χ1n) is 5.36. The number of furan rings is 1. The Morgan fingerprint density at radius 1 is 1.41 bits per heavy atom. The van der Waals surface area contributed by atoms with Gasteiger partial charge in [-0.3, -0.25) is 9.48 Å². The van der Waals surface area contributed by atoms with E-state index in [0.717, 1.165) is 17.1 Å². The minimum atomic E-state index is -0.171. The summed E-state index contributed by atoms with van der Waals surface area (Å²) in [5.74, 6) is 0.442. The summed E-state index contributed by atoms with van der Waals surface area (Å²) in [4.78, 5) is 12.0. The molecule has 0 bridgehead atoms. The largest absolute Gasteiger partial charge is 0.469 e. The maximum atomic E-state index is 12.0. The van der Waals surface area contributed by atoms with Gasteiger partial charge in [-0.1, -0.05) is 0 Å². The van der Waals surface area contributed by atoms with E-state index in [1.54, 1.807) is 17.7 Å². The highest BCUT2D eigenvalue weighted by Gasteiger charge is 2.16. The Morgan fingerprint density at radius 3 is 2.59 bits per heavy atom. The zero-order valence-corrected chi connectivity index (χ0v) is 10.4. The molecule has 0 aliphatic heterocycles. The number of aryl methyl sites for hydroxylation is 3. The molecule has 0 saturated heterocycles. The molecule has 2 rings (SSSR count). The van der Waals surface area contributed by atoms with Gasteiger partial charge in [0.25, 0.3) is 5.91 Å². The van der Waals surface area contributed by atoms with E-state index in [-0.39, 0.29) is 5.91 Å². The predicted molar refractivity (Wildman–Crippen MR) is 64.1 cm³/mol. The first-order valence-corrected chi connectivity index (χ1v) is 5.36. The standard InChI is InChI=1S/C12H15N3O2/c1-7-11(8(2)15(4)14-7)13-12(16)10-5-6-17-9(10)3/h5-6H,1-4H3,(H,13,16). The Labute approximate surface area is 99.4 Å². The van der Waals surface area contributed by atoms with Crippen LogP contribution in [0, 0.1) is 20.8 Å². The van der Waals surface area contributed by atoms with Crippen molar-refractivity contribution in [3.05, 3.63) is 35.0 Å². The smallest absolute Gasteiger partial charge is 0.259 e. The van der Waals surface area contributed by atoms with E-state index in [0.29, 0.717) is 11.3 Å². The third kappa shape index (κ3) is 1.95. The lowest BCUT2D eigenvalue weighted by Crippen LogP contribution is -2.13. The molecule has 0 spiro atoms. The lowest BCUT2D eigenvalue weighted by molar-refractivity contribution is 0.102. The SMILES string of the molecule is Cc1nn(C)c(C)c1NC(=O)c1ccoc1C. The van der Waals surface area contributed by atoms with Crippen molar-refractivity contribution >= 4 is 11.6 Å². The summed E-state index contributed by atoms with van der Waals surface area (Å²) in [5, 5.41) is 7.11. The highest BCUT2D eigenvalue weighted by Crippen LogP contribution is 2.20. The Kier molecular flexibility index (Phi) is 2.75. The molecule has 0 aliphatic rings. The minimum absolute atomic E-state index is 0.171. The average molecular weight is 233 g/mol. The summed E-state index contributed by atoms with van der Waals surface area (Å²) in [6.07, 6.45) is 1.51. The lowest BCUT2D eigenvalue weighted by atomic mass is 10.2. The number of amides is 1. The van der Waals surface area contributed by atoms with Crippen LogP contribution in [0.5, 0.6) is 0 Å². The van der Waals surface area contributed by atoms with Gasteiger partial charge in [0.2, 0.25) is 0 Å². The number of carbonyl (C=O) groups is 1. The van der Waals surface area contributed by atoms with E-state index in [1.807, 2.05) is 20.9 Å². The monoisotopic (exact) mass is 233 g/mol. The van der Waals surface area contributed by atoms with Crippen LogP contribution >= 0.6 is 0 Å². The van der Waals surface area contributed by atoms with Gasteiger partial charge in [0, 0.05) is 7.05 Å². The van der Waals surface area contributed by atoms with E-state index in [4.69, 9.17) is 4.42 Å². The maximum absolute atomic E-state index is 12.0. The second-order valence-corrected chi connectivity index (χ2v) is 4.01. The first kappa shape index (κ1) is 11.4. The first-order chi connectivity index (χ1) is 8.00. The number of carbonyl (C=O) groups excluding carboxylic acids is 1. The Morgan fingerprint density at radius 2 is 2.12 bits per heavy atom. The quantitative estimate of drug-likeness (QED) is 0.864. The van der Waals surface area contributed by atoms with Crippen molar-refractivity contribution in [3.63, 3.8) is 0 Å². The zero-order valence-electron chi connectivity index (χ0n) is 10.4. The number of rotatable bonds is 2. The van der Waals surface area contributed by atoms with Gasteiger partial charge in [0.15, 0.2) is 0 Å². The molecule has 5 heteroatoms. The Bertz CT molecular complexity index is 566. The van der Waals surface area contributed by atoms with Crippen molar-refractivity contribution in [2.75, 3.05) is 5.32 Å². The number of hydrogen-bond donors (Lipinski definition) is 1. The highest BCUT2D eigenvalue weighted by molar-refractivity contribution is 6.05. The van der Waals surface area contributed by atoms with Gasteiger partial charge < -0.3 is 9.73 Å². The highest BCUT2D eigenvalue weighted by atomic mass is 16.3. The van der Waals surface area contributed by atoms with Crippen LogP contribution in [0.15, 0.2) is 16.7 Å². The summed E-state index contributed by atoms with van der Waals surface area (Å²) >= 11 is 0. The van der Waals surface area contributed by atoms with Gasteiger partial charge in [-0.15, -0.1) is 0 Å². The molecule has 0 saturated carbocycles. The van der Waals surface area contributed by atoms with Crippen LogP contribution in [0.2, 0.25) is 0 Å². The van der Waals surface area contributed by atoms with E-state index in [1.165, 1.54) is 6.26 Å². The molecule has 1 N–H and O–H groups in total. The van der Waals surface area contributed by atoms with Crippen LogP contribution < -0.4 is 5.32 Å². The number of anilines is 1. The van der Waals surface area contributed by atoms with Crippen molar-refractivity contribution in [3.8, 4) is 0 Å². The van der Waals surface area contributed by atoms with Gasteiger partial charge in [0.05, 0.1) is 28.9 Å². The Balaban J connectivity index is 2.28. The van der Waals surface area contributed by atoms with Gasteiger partial charge in [-0.2, -0.15) is 5.10 Å². The van der Waals surface area contributed by atoms with Crippen LogP contribution in [0.25, 0.3) is 0 Å². The molecule has 0 aromatic carbocycles. The number of aromatic nitrogens is 2. The van der Waals surface area contributed by atoms with Gasteiger partial charge in [0.1, 0.15) is 5.76 Å². The number of hydrogen-bond acceptors (Lipinski definition) is 3. The molecule has 0 aliphatic carbocycles. The Hall–Kier alpha value is -2.04. The molecule has 0 radical (unpaired) electrons. The fourth-order valence-corrected chi connectivity index (χ4v) is 1.76. The summed E-state index contributed by atoms with van der Waals surface area (Å²) in [5.41, 5.74) is 3.04. The molecule has 0 atom stereocenters. The molecular weight excluding hydrogens is 218 g/mol. The zero-order chi connectivity index (χ0) is 12.6. The second-order valence-electron chi connectivity index (χ2n) is 4.01. The van der Waals surface area contributed by atoms with E-state index in [9.17, 15) is 4.79 Å². The van der Waals surface area contributed by atoms with E-state index in [2.05, 4.69) is 10.4 Å². The van der Waals surface area contributed by atoms with E-state index >= 15 is 0 Å². The second kappa shape index (κ2) is 4.08. The molecule has 2 aromatic rings. The van der Waals surface area contributed by atoms with Crippen molar-refractivity contribution in [1.29, 1.82) is 0 Å². The van der Waals surface area contributed by atoms with Crippen molar-refractivity contribution in [2.24, 2.45) is 7.05 Å². The van der Waals surface area contributed by atoms with Gasteiger partial charge in [-0.05, 0) is 26.8 Å². The average Bonchev–Trinajstić information content (AvgIpc) is 2.78. The topological polar surface area (TPSA) is 60.1 Å². The molecule has 17 heavy (non-hydrogen) atoms. The molecule has 5 nitrogen and oxygen atoms in total. The van der Waals surface area contributed by atoms with Crippen molar-refractivity contribution < 1.29 is 9.21 Å². The predicted octanol–water partition coefficient (Wildman–Crippen LogP) is 2.19. The third-order valence-corrected chi connectivity index (χ3v) is 2.85. The fraction of sp³-hybridized carbons (Fsp3) is 0.333. The van der Waals surface area contributed by atoms with Crippen LogP contribution in [0.4, 0.5) is 5.69 Å². The van der Waals surface area contributed by atoms with E-state index < -0.39 is 0 Å². The van der Waals surface area contributed by atoms with Crippen LogP contribution in [0.3, 0.4) is 0 Å². The van der Waals surface area contributed by atoms with Gasteiger partial charge >= 0.3 is 0 Å². The number of nitrogens with zero attached hydrogens (tertiary/aromatic N) is 2. The fourth-order valence-electron chi connectivity index (χ4n) is 1.76. The summed E-state index contributed by atoms with van der Waals surface area (Å²) < 4.78 is 6.85.